The molecule has 0 radical (unpaired) electrons. The van der Waals surface area contributed by atoms with Crippen LogP contribution in [0.5, 0.6) is 0 Å². The normalized spacial score (nSPS) is 11.7. The molecule has 1 heterocycles. The van der Waals surface area contributed by atoms with E-state index in [1.54, 1.807) is 25.2 Å². The fourth-order valence-corrected chi connectivity index (χ4v) is 2.11. The van der Waals surface area contributed by atoms with Gasteiger partial charge >= 0.3 is 0 Å². The number of nitrogens with two attached hydrogens (primary N) is 1. The van der Waals surface area contributed by atoms with Crippen molar-refractivity contribution in [2.24, 2.45) is 5.73 Å². The Balaban J connectivity index is 2.24. The summed E-state index contributed by atoms with van der Waals surface area (Å²) in [7, 11) is 0. The predicted molar refractivity (Wildman–Crippen MR) is 68.7 cm³/mol. The Morgan fingerprint density at radius 1 is 1.38 bits per heavy atom. The van der Waals surface area contributed by atoms with Gasteiger partial charge in [-0.15, -0.1) is 11.3 Å². The third-order valence-electron chi connectivity index (χ3n) is 2.30. The molecule has 0 atom stereocenters. The Hall–Kier alpha value is -1.39. The third-order valence-corrected chi connectivity index (χ3v) is 3.19. The van der Waals surface area contributed by atoms with E-state index in [4.69, 9.17) is 5.73 Å². The number of carbonyl (C=O) groups excluding carboxylic acids is 1. The quantitative estimate of drug-likeness (QED) is 0.839. The minimum absolute atomic E-state index is 0.179. The average Bonchev–Trinajstić information content (AvgIpc) is 2.63. The fraction of sp³-hybridized carbons (Fsp3) is 0.250. The lowest BCUT2D eigenvalue weighted by Gasteiger charge is -2.17. The van der Waals surface area contributed by atoms with Crippen LogP contribution in [0.3, 0.4) is 0 Å². The summed E-state index contributed by atoms with van der Waals surface area (Å²) in [5.74, 6) is -0.179. The maximum Gasteiger partial charge on any atom is 0.243 e. The summed E-state index contributed by atoms with van der Waals surface area (Å²) < 4.78 is 1.21. The Kier molecular flexibility index (Phi) is 2.69. The highest BCUT2D eigenvalue weighted by atomic mass is 32.1. The molecule has 2 rings (SSSR count). The molecule has 0 unspecified atom stereocenters. The van der Waals surface area contributed by atoms with E-state index in [1.165, 1.54) is 4.70 Å². The largest absolute Gasteiger partial charge is 0.324 e. The van der Waals surface area contributed by atoms with Crippen LogP contribution in [0, 0.1) is 0 Å². The van der Waals surface area contributed by atoms with E-state index < -0.39 is 5.54 Å². The first-order valence-electron chi connectivity index (χ1n) is 5.04. The molecule has 2 aromatic rings. The minimum Gasteiger partial charge on any atom is -0.324 e. The highest BCUT2D eigenvalue weighted by Crippen LogP contribution is 2.24. The monoisotopic (exact) mass is 234 g/mol. The molecule has 3 nitrogen and oxygen atoms in total. The van der Waals surface area contributed by atoms with Crippen molar-refractivity contribution in [3.63, 3.8) is 0 Å². The van der Waals surface area contributed by atoms with Crippen LogP contribution in [-0.2, 0) is 4.79 Å². The van der Waals surface area contributed by atoms with E-state index in [0.29, 0.717) is 0 Å². The fourth-order valence-electron chi connectivity index (χ4n) is 1.34. The van der Waals surface area contributed by atoms with Crippen LogP contribution in [0.2, 0.25) is 0 Å². The van der Waals surface area contributed by atoms with Gasteiger partial charge in [-0.05, 0) is 48.9 Å². The lowest BCUT2D eigenvalue weighted by atomic mass is 10.1. The van der Waals surface area contributed by atoms with Crippen LogP contribution in [0.25, 0.3) is 10.1 Å². The maximum atomic E-state index is 11.7. The number of amides is 1. The van der Waals surface area contributed by atoms with Crippen molar-refractivity contribution < 1.29 is 4.79 Å². The first-order valence-corrected chi connectivity index (χ1v) is 5.92. The number of thiophene rings is 1. The molecule has 84 valence electrons. The number of nitrogens with one attached hydrogen (secondary N) is 1. The minimum atomic E-state index is -0.858. The van der Waals surface area contributed by atoms with Gasteiger partial charge in [0.05, 0.1) is 5.54 Å². The third kappa shape index (κ3) is 2.23. The molecule has 0 aliphatic rings. The smallest absolute Gasteiger partial charge is 0.243 e. The Morgan fingerprint density at radius 3 is 2.81 bits per heavy atom. The number of benzene rings is 1. The Labute approximate surface area is 98.3 Å². The van der Waals surface area contributed by atoms with Crippen LogP contribution in [0.1, 0.15) is 13.8 Å². The predicted octanol–water partition coefficient (Wildman–Crippen LogP) is 2.58. The van der Waals surface area contributed by atoms with Crippen molar-refractivity contribution in [1.82, 2.24) is 0 Å². The molecular weight excluding hydrogens is 220 g/mol. The van der Waals surface area contributed by atoms with Crippen molar-refractivity contribution in [1.29, 1.82) is 0 Å². The zero-order valence-electron chi connectivity index (χ0n) is 9.28. The van der Waals surface area contributed by atoms with Gasteiger partial charge in [-0.2, -0.15) is 0 Å². The van der Waals surface area contributed by atoms with Crippen LogP contribution in [0.15, 0.2) is 29.6 Å². The summed E-state index contributed by atoms with van der Waals surface area (Å²) in [5.41, 5.74) is 5.64. The van der Waals surface area contributed by atoms with E-state index in [1.807, 2.05) is 29.6 Å². The zero-order chi connectivity index (χ0) is 11.8. The van der Waals surface area contributed by atoms with E-state index in [9.17, 15) is 4.79 Å². The first kappa shape index (κ1) is 11.1. The topological polar surface area (TPSA) is 55.1 Å². The van der Waals surface area contributed by atoms with Crippen molar-refractivity contribution in [3.05, 3.63) is 29.6 Å². The highest BCUT2D eigenvalue weighted by molar-refractivity contribution is 7.17. The molecule has 3 N–H and O–H groups in total. The van der Waals surface area contributed by atoms with Crippen LogP contribution >= 0.6 is 11.3 Å². The molecule has 0 saturated heterocycles. The molecule has 1 amide bonds. The van der Waals surface area contributed by atoms with Gasteiger partial charge in [0.15, 0.2) is 0 Å². The van der Waals surface area contributed by atoms with E-state index in [0.717, 1.165) is 11.1 Å². The van der Waals surface area contributed by atoms with Crippen molar-refractivity contribution in [3.8, 4) is 0 Å². The molecule has 0 spiro atoms. The second-order valence-electron chi connectivity index (χ2n) is 4.35. The van der Waals surface area contributed by atoms with Crippen LogP contribution in [-0.4, -0.2) is 11.4 Å². The summed E-state index contributed by atoms with van der Waals surface area (Å²) in [5, 5.41) is 5.97. The zero-order valence-corrected chi connectivity index (χ0v) is 10.1. The lowest BCUT2D eigenvalue weighted by molar-refractivity contribution is -0.120. The van der Waals surface area contributed by atoms with Gasteiger partial charge in [0.25, 0.3) is 0 Å². The molecular formula is C12H14N2OS. The van der Waals surface area contributed by atoms with Gasteiger partial charge in [-0.3, -0.25) is 4.79 Å². The average molecular weight is 234 g/mol. The Morgan fingerprint density at radius 2 is 2.12 bits per heavy atom. The van der Waals surface area contributed by atoms with Crippen LogP contribution < -0.4 is 11.1 Å². The van der Waals surface area contributed by atoms with Gasteiger partial charge in [-0.1, -0.05) is 0 Å². The molecule has 1 aromatic carbocycles. The number of rotatable bonds is 2. The molecule has 16 heavy (non-hydrogen) atoms. The molecule has 0 fully saturated rings. The number of fused-ring (bicyclic) bond motifs is 1. The van der Waals surface area contributed by atoms with Crippen molar-refractivity contribution in [2.45, 2.75) is 19.4 Å². The molecule has 0 saturated carbocycles. The number of hydrogen-bond donors (Lipinski definition) is 2. The molecule has 0 aliphatic carbocycles. The SMILES string of the molecule is CC(C)(N)C(=O)Nc1ccc2sccc2c1. The van der Waals surface area contributed by atoms with Crippen molar-refractivity contribution in [2.75, 3.05) is 5.32 Å². The summed E-state index contributed by atoms with van der Waals surface area (Å²) in [4.78, 5) is 11.7. The summed E-state index contributed by atoms with van der Waals surface area (Å²) in [6, 6.07) is 7.88. The van der Waals surface area contributed by atoms with E-state index in [2.05, 4.69) is 5.32 Å². The number of anilines is 1. The van der Waals surface area contributed by atoms with Crippen LogP contribution in [0.4, 0.5) is 5.69 Å². The van der Waals surface area contributed by atoms with E-state index in [-0.39, 0.29) is 5.91 Å². The van der Waals surface area contributed by atoms with Gasteiger partial charge < -0.3 is 11.1 Å². The standard InChI is InChI=1S/C12H14N2OS/c1-12(2,13)11(15)14-9-3-4-10-8(7-9)5-6-16-10/h3-7H,13H2,1-2H3,(H,14,15). The summed E-state index contributed by atoms with van der Waals surface area (Å²) in [6.45, 7) is 3.37. The Bertz CT molecular complexity index is 525. The second-order valence-corrected chi connectivity index (χ2v) is 5.30. The number of carbonyl (C=O) groups is 1. The molecule has 4 heteroatoms. The molecule has 1 aromatic heterocycles. The molecule has 0 aliphatic heterocycles. The molecule has 0 bridgehead atoms. The van der Waals surface area contributed by atoms with Crippen molar-refractivity contribution >= 4 is 33.0 Å². The lowest BCUT2D eigenvalue weighted by Crippen LogP contribution is -2.45. The maximum absolute atomic E-state index is 11.7. The van der Waals surface area contributed by atoms with Gasteiger partial charge in [0, 0.05) is 10.4 Å². The highest BCUT2D eigenvalue weighted by Gasteiger charge is 2.21. The number of hydrogen-bond acceptors (Lipinski definition) is 3. The van der Waals surface area contributed by atoms with E-state index >= 15 is 0 Å². The van der Waals surface area contributed by atoms with Gasteiger partial charge in [-0.25, -0.2) is 0 Å². The second kappa shape index (κ2) is 3.88. The van der Waals surface area contributed by atoms with Gasteiger partial charge in [0.1, 0.15) is 0 Å². The summed E-state index contributed by atoms with van der Waals surface area (Å²) in [6.07, 6.45) is 0. The van der Waals surface area contributed by atoms with Gasteiger partial charge in [0.2, 0.25) is 5.91 Å². The summed E-state index contributed by atoms with van der Waals surface area (Å²) >= 11 is 1.68. The first-order chi connectivity index (χ1) is 7.47.